The van der Waals surface area contributed by atoms with Crippen LogP contribution in [0.25, 0.3) is 11.0 Å². The second-order valence-corrected chi connectivity index (χ2v) is 7.47. The number of para-hydroxylation sites is 2. The molecule has 3 rings (SSSR count). The molecule has 0 saturated carbocycles. The van der Waals surface area contributed by atoms with Crippen molar-refractivity contribution >= 4 is 16.9 Å². The fraction of sp³-hybridized carbons (Fsp3) is 0.273. The van der Waals surface area contributed by atoms with Crippen LogP contribution in [0, 0.1) is 0 Å². The van der Waals surface area contributed by atoms with E-state index in [1.165, 1.54) is 17.2 Å². The Morgan fingerprint density at radius 2 is 1.85 bits per heavy atom. The molecule has 0 atom stereocenters. The van der Waals surface area contributed by atoms with Crippen molar-refractivity contribution in [3.05, 3.63) is 78.1 Å². The fourth-order valence-electron chi connectivity index (χ4n) is 2.97. The minimum Gasteiger partial charge on any atom is -0.345 e. The van der Waals surface area contributed by atoms with Crippen LogP contribution in [0.15, 0.2) is 61.2 Å². The fourth-order valence-corrected chi connectivity index (χ4v) is 2.97. The van der Waals surface area contributed by atoms with E-state index in [-0.39, 0.29) is 11.3 Å². The number of nitrogens with zero attached hydrogens (tertiary/aromatic N) is 2. The maximum Gasteiger partial charge on any atom is 0.243 e. The SMILES string of the molecule is C=CC(=O)NCc1nc2ccccc2n1Cc1ccc(C(C)(C)C)cc1. The summed E-state index contributed by atoms with van der Waals surface area (Å²) in [6.45, 7) is 11.2. The van der Waals surface area contributed by atoms with Crippen molar-refractivity contribution in [3.63, 3.8) is 0 Å². The summed E-state index contributed by atoms with van der Waals surface area (Å²) in [4.78, 5) is 16.2. The minimum absolute atomic E-state index is 0.139. The number of hydrogen-bond donors (Lipinski definition) is 1. The average Bonchev–Trinajstić information content (AvgIpc) is 2.97. The first-order valence-electron chi connectivity index (χ1n) is 8.82. The van der Waals surface area contributed by atoms with Crippen LogP contribution in [-0.4, -0.2) is 15.5 Å². The number of amides is 1. The van der Waals surface area contributed by atoms with Gasteiger partial charge in [0.15, 0.2) is 0 Å². The monoisotopic (exact) mass is 347 g/mol. The molecule has 3 aromatic rings. The summed E-state index contributed by atoms with van der Waals surface area (Å²) in [5, 5.41) is 2.82. The number of imidazole rings is 1. The normalized spacial score (nSPS) is 11.5. The van der Waals surface area contributed by atoms with Crippen LogP contribution in [0.3, 0.4) is 0 Å². The Morgan fingerprint density at radius 3 is 2.50 bits per heavy atom. The van der Waals surface area contributed by atoms with Gasteiger partial charge < -0.3 is 9.88 Å². The van der Waals surface area contributed by atoms with E-state index < -0.39 is 0 Å². The van der Waals surface area contributed by atoms with E-state index in [9.17, 15) is 4.79 Å². The third kappa shape index (κ3) is 3.85. The van der Waals surface area contributed by atoms with Crippen molar-refractivity contribution in [3.8, 4) is 0 Å². The summed E-state index contributed by atoms with van der Waals surface area (Å²) in [5.74, 6) is 0.638. The van der Waals surface area contributed by atoms with Crippen LogP contribution in [0.1, 0.15) is 37.7 Å². The summed E-state index contributed by atoms with van der Waals surface area (Å²) in [7, 11) is 0. The molecule has 4 heteroatoms. The Balaban J connectivity index is 1.92. The predicted octanol–water partition coefficient (Wildman–Crippen LogP) is 4.18. The van der Waals surface area contributed by atoms with Gasteiger partial charge in [0.1, 0.15) is 5.82 Å². The number of fused-ring (bicyclic) bond motifs is 1. The molecule has 0 aliphatic rings. The third-order valence-corrected chi connectivity index (χ3v) is 4.50. The molecule has 134 valence electrons. The molecular weight excluding hydrogens is 322 g/mol. The van der Waals surface area contributed by atoms with Gasteiger partial charge >= 0.3 is 0 Å². The van der Waals surface area contributed by atoms with Gasteiger partial charge in [-0.05, 0) is 34.8 Å². The molecule has 26 heavy (non-hydrogen) atoms. The van der Waals surface area contributed by atoms with E-state index in [1.807, 2.05) is 18.2 Å². The van der Waals surface area contributed by atoms with Gasteiger partial charge in [-0.25, -0.2) is 4.98 Å². The van der Waals surface area contributed by atoms with Crippen LogP contribution in [0.4, 0.5) is 0 Å². The van der Waals surface area contributed by atoms with Crippen LogP contribution >= 0.6 is 0 Å². The van der Waals surface area contributed by atoms with Gasteiger partial charge in [-0.3, -0.25) is 4.79 Å². The van der Waals surface area contributed by atoms with E-state index in [2.05, 4.69) is 72.5 Å². The zero-order valence-electron chi connectivity index (χ0n) is 15.6. The van der Waals surface area contributed by atoms with Gasteiger partial charge in [0, 0.05) is 6.54 Å². The summed E-state index contributed by atoms with van der Waals surface area (Å²) < 4.78 is 2.16. The van der Waals surface area contributed by atoms with Crippen molar-refractivity contribution in [2.45, 2.75) is 39.3 Å². The topological polar surface area (TPSA) is 46.9 Å². The molecule has 0 saturated heterocycles. The molecule has 1 N–H and O–H groups in total. The second-order valence-electron chi connectivity index (χ2n) is 7.47. The quantitative estimate of drug-likeness (QED) is 0.704. The van der Waals surface area contributed by atoms with E-state index in [1.54, 1.807) is 0 Å². The Labute approximate surface area is 154 Å². The number of carbonyl (C=O) groups excluding carboxylic acids is 1. The highest BCUT2D eigenvalue weighted by Gasteiger charge is 2.14. The van der Waals surface area contributed by atoms with Crippen LogP contribution in [-0.2, 0) is 23.3 Å². The van der Waals surface area contributed by atoms with E-state index in [0.717, 1.165) is 16.9 Å². The lowest BCUT2D eigenvalue weighted by Crippen LogP contribution is -2.22. The van der Waals surface area contributed by atoms with Crippen LogP contribution < -0.4 is 5.32 Å². The van der Waals surface area contributed by atoms with Crippen molar-refractivity contribution in [1.29, 1.82) is 0 Å². The molecule has 0 aliphatic carbocycles. The number of carbonyl (C=O) groups is 1. The lowest BCUT2D eigenvalue weighted by atomic mass is 9.87. The molecule has 1 aromatic heterocycles. The zero-order chi connectivity index (χ0) is 18.7. The number of rotatable bonds is 5. The second kappa shape index (κ2) is 7.16. The van der Waals surface area contributed by atoms with Gasteiger partial charge in [0.25, 0.3) is 0 Å². The Hall–Kier alpha value is -2.88. The lowest BCUT2D eigenvalue weighted by Gasteiger charge is -2.19. The van der Waals surface area contributed by atoms with Gasteiger partial charge in [-0.1, -0.05) is 63.7 Å². The molecular formula is C22H25N3O. The van der Waals surface area contributed by atoms with E-state index >= 15 is 0 Å². The molecule has 0 radical (unpaired) electrons. The molecule has 2 aromatic carbocycles. The van der Waals surface area contributed by atoms with Gasteiger partial charge in [-0.15, -0.1) is 0 Å². The van der Waals surface area contributed by atoms with Gasteiger partial charge in [-0.2, -0.15) is 0 Å². The predicted molar refractivity (Wildman–Crippen MR) is 106 cm³/mol. The van der Waals surface area contributed by atoms with E-state index in [4.69, 9.17) is 0 Å². The number of hydrogen-bond acceptors (Lipinski definition) is 2. The maximum absolute atomic E-state index is 11.5. The first kappa shape index (κ1) is 17.9. The summed E-state index contributed by atoms with van der Waals surface area (Å²) in [6, 6.07) is 16.8. The highest BCUT2D eigenvalue weighted by molar-refractivity contribution is 5.86. The minimum atomic E-state index is -0.196. The first-order chi connectivity index (χ1) is 12.4. The molecule has 0 aliphatic heterocycles. The van der Waals surface area contributed by atoms with Crippen LogP contribution in [0.5, 0.6) is 0 Å². The van der Waals surface area contributed by atoms with Crippen molar-refractivity contribution < 1.29 is 4.79 Å². The van der Waals surface area contributed by atoms with Crippen molar-refractivity contribution in [1.82, 2.24) is 14.9 Å². The zero-order valence-corrected chi connectivity index (χ0v) is 15.6. The molecule has 1 amide bonds. The Kier molecular flexibility index (Phi) is 4.94. The Morgan fingerprint density at radius 1 is 1.15 bits per heavy atom. The van der Waals surface area contributed by atoms with Gasteiger partial charge in [0.05, 0.1) is 17.6 Å². The molecule has 1 heterocycles. The third-order valence-electron chi connectivity index (χ3n) is 4.50. The standard InChI is InChI=1S/C22H25N3O/c1-5-21(26)23-14-20-24-18-8-6-7-9-19(18)25(20)15-16-10-12-17(13-11-16)22(2,3)4/h5-13H,1,14-15H2,2-4H3,(H,23,26). The average molecular weight is 347 g/mol. The molecule has 4 nitrogen and oxygen atoms in total. The maximum atomic E-state index is 11.5. The number of nitrogens with one attached hydrogen (secondary N) is 1. The lowest BCUT2D eigenvalue weighted by molar-refractivity contribution is -0.116. The molecule has 0 unspecified atom stereocenters. The van der Waals surface area contributed by atoms with E-state index in [0.29, 0.717) is 13.1 Å². The summed E-state index contributed by atoms with van der Waals surface area (Å²) in [5.41, 5.74) is 4.66. The van der Waals surface area contributed by atoms with Crippen LogP contribution in [0.2, 0.25) is 0 Å². The molecule has 0 bridgehead atoms. The largest absolute Gasteiger partial charge is 0.345 e. The van der Waals surface area contributed by atoms with Gasteiger partial charge in [0.2, 0.25) is 5.91 Å². The Bertz CT molecular complexity index is 930. The number of benzene rings is 2. The summed E-state index contributed by atoms with van der Waals surface area (Å²) >= 11 is 0. The van der Waals surface area contributed by atoms with Crippen molar-refractivity contribution in [2.75, 3.05) is 0 Å². The highest BCUT2D eigenvalue weighted by atomic mass is 16.1. The smallest absolute Gasteiger partial charge is 0.243 e. The molecule has 0 fully saturated rings. The number of aromatic nitrogens is 2. The van der Waals surface area contributed by atoms with Crippen molar-refractivity contribution in [2.24, 2.45) is 0 Å². The summed E-state index contributed by atoms with van der Waals surface area (Å²) in [6.07, 6.45) is 1.28. The highest BCUT2D eigenvalue weighted by Crippen LogP contribution is 2.23. The molecule has 0 spiro atoms. The first-order valence-corrected chi connectivity index (χ1v) is 8.82.